The van der Waals surface area contributed by atoms with Crippen LogP contribution in [-0.2, 0) is 6.42 Å². The van der Waals surface area contributed by atoms with Crippen molar-refractivity contribution in [1.29, 1.82) is 0 Å². The van der Waals surface area contributed by atoms with Crippen LogP contribution in [0.5, 0.6) is 0 Å². The first-order valence-corrected chi connectivity index (χ1v) is 7.35. The van der Waals surface area contributed by atoms with E-state index in [2.05, 4.69) is 5.32 Å². The van der Waals surface area contributed by atoms with Gasteiger partial charge in [-0.05, 0) is 25.8 Å². The Morgan fingerprint density at radius 1 is 1.24 bits per heavy atom. The van der Waals surface area contributed by atoms with Crippen LogP contribution in [0.25, 0.3) is 0 Å². The lowest BCUT2D eigenvalue weighted by Gasteiger charge is -2.45. The molecule has 0 spiro atoms. The Bertz CT molecular complexity index is 443. The maximum Gasteiger partial charge on any atom is 0.390 e. The van der Waals surface area contributed by atoms with E-state index >= 15 is 0 Å². The molecule has 2 rings (SSSR count). The number of halogens is 3. The van der Waals surface area contributed by atoms with Crippen molar-refractivity contribution in [2.75, 3.05) is 19.6 Å². The monoisotopic (exact) mass is 300 g/mol. The smallest absolute Gasteiger partial charge is 0.309 e. The lowest BCUT2D eigenvalue weighted by molar-refractivity contribution is -0.140. The van der Waals surface area contributed by atoms with Crippen molar-refractivity contribution in [1.82, 2.24) is 10.2 Å². The molecule has 1 aromatic rings. The maximum atomic E-state index is 12.5. The fraction of sp³-hybridized carbons (Fsp3) is 0.625. The van der Waals surface area contributed by atoms with Crippen molar-refractivity contribution in [2.45, 2.75) is 44.4 Å². The topological polar surface area (TPSA) is 15.3 Å². The summed E-state index contributed by atoms with van der Waals surface area (Å²) in [7, 11) is 0. The Morgan fingerprint density at radius 3 is 2.52 bits per heavy atom. The minimum Gasteiger partial charge on any atom is -0.309 e. The summed E-state index contributed by atoms with van der Waals surface area (Å²) in [6.07, 6.45) is -4.05. The molecule has 1 N–H and O–H groups in total. The normalized spacial score (nSPS) is 23.2. The SMILES string of the molecule is CC1(C)CN(CCC(F)(F)F)C(Cc2ccccc2)CN1. The van der Waals surface area contributed by atoms with E-state index in [9.17, 15) is 13.2 Å². The Kier molecular flexibility index (Phi) is 4.94. The number of alkyl halides is 3. The summed E-state index contributed by atoms with van der Waals surface area (Å²) in [5.74, 6) is 0. The highest BCUT2D eigenvalue weighted by Crippen LogP contribution is 2.24. The molecule has 5 heteroatoms. The minimum atomic E-state index is -4.09. The fourth-order valence-corrected chi connectivity index (χ4v) is 2.84. The summed E-state index contributed by atoms with van der Waals surface area (Å²) in [5.41, 5.74) is 1.03. The van der Waals surface area contributed by atoms with Gasteiger partial charge in [0.05, 0.1) is 6.42 Å². The molecule has 1 aromatic carbocycles. The minimum absolute atomic E-state index is 0.0755. The van der Waals surface area contributed by atoms with E-state index in [1.807, 2.05) is 49.1 Å². The van der Waals surface area contributed by atoms with Gasteiger partial charge >= 0.3 is 6.18 Å². The van der Waals surface area contributed by atoms with Crippen molar-refractivity contribution in [3.05, 3.63) is 35.9 Å². The fourth-order valence-electron chi connectivity index (χ4n) is 2.84. The molecule has 21 heavy (non-hydrogen) atoms. The summed E-state index contributed by atoms with van der Waals surface area (Å²) < 4.78 is 37.5. The average Bonchev–Trinajstić information content (AvgIpc) is 2.39. The van der Waals surface area contributed by atoms with Gasteiger partial charge in [0.15, 0.2) is 0 Å². The molecule has 0 saturated carbocycles. The van der Waals surface area contributed by atoms with Crippen LogP contribution in [-0.4, -0.2) is 42.3 Å². The zero-order chi connectivity index (χ0) is 15.5. The van der Waals surface area contributed by atoms with Crippen LogP contribution in [0.4, 0.5) is 13.2 Å². The zero-order valence-electron chi connectivity index (χ0n) is 12.6. The van der Waals surface area contributed by atoms with Crippen LogP contribution in [0.2, 0.25) is 0 Å². The van der Waals surface area contributed by atoms with Gasteiger partial charge in [-0.15, -0.1) is 0 Å². The molecule has 1 aliphatic rings. The van der Waals surface area contributed by atoms with Gasteiger partial charge in [-0.2, -0.15) is 13.2 Å². The second kappa shape index (κ2) is 6.36. The molecule has 1 unspecified atom stereocenters. The van der Waals surface area contributed by atoms with Gasteiger partial charge in [-0.1, -0.05) is 30.3 Å². The zero-order valence-corrected chi connectivity index (χ0v) is 12.6. The van der Waals surface area contributed by atoms with E-state index in [0.717, 1.165) is 13.0 Å². The van der Waals surface area contributed by atoms with Crippen LogP contribution in [0.3, 0.4) is 0 Å². The van der Waals surface area contributed by atoms with E-state index in [1.165, 1.54) is 5.56 Å². The van der Waals surface area contributed by atoms with E-state index in [4.69, 9.17) is 0 Å². The standard InChI is InChI=1S/C16H23F3N2/c1-15(2)12-21(9-8-16(17,18)19)14(11-20-15)10-13-6-4-3-5-7-13/h3-7,14,20H,8-12H2,1-2H3. The molecule has 1 aliphatic heterocycles. The molecular formula is C16H23F3N2. The summed E-state index contributed by atoms with van der Waals surface area (Å²) in [4.78, 5) is 1.98. The van der Waals surface area contributed by atoms with Gasteiger partial charge in [-0.25, -0.2) is 0 Å². The average molecular weight is 300 g/mol. The van der Waals surface area contributed by atoms with Crippen LogP contribution < -0.4 is 5.32 Å². The van der Waals surface area contributed by atoms with E-state index < -0.39 is 12.6 Å². The summed E-state index contributed by atoms with van der Waals surface area (Å²) in [6.45, 7) is 5.51. The molecule has 0 aliphatic carbocycles. The highest BCUT2D eigenvalue weighted by Gasteiger charge is 2.35. The quantitative estimate of drug-likeness (QED) is 0.918. The molecule has 1 fully saturated rings. The highest BCUT2D eigenvalue weighted by molar-refractivity contribution is 5.16. The predicted molar refractivity (Wildman–Crippen MR) is 78.3 cm³/mol. The second-order valence-corrected chi connectivity index (χ2v) is 6.44. The first-order valence-electron chi connectivity index (χ1n) is 7.35. The third-order valence-electron chi connectivity index (χ3n) is 3.93. The third kappa shape index (κ3) is 5.32. The third-order valence-corrected chi connectivity index (χ3v) is 3.93. The first-order chi connectivity index (χ1) is 9.75. The largest absolute Gasteiger partial charge is 0.390 e. The number of hydrogen-bond acceptors (Lipinski definition) is 2. The van der Waals surface area contributed by atoms with Gasteiger partial charge < -0.3 is 5.32 Å². The van der Waals surface area contributed by atoms with Crippen molar-refractivity contribution < 1.29 is 13.2 Å². The second-order valence-electron chi connectivity index (χ2n) is 6.44. The lowest BCUT2D eigenvalue weighted by Crippen LogP contribution is -2.62. The predicted octanol–water partition coefficient (Wildman–Crippen LogP) is 3.23. The molecule has 0 radical (unpaired) electrons. The molecule has 1 heterocycles. The number of benzene rings is 1. The number of nitrogens with zero attached hydrogens (tertiary/aromatic N) is 1. The Morgan fingerprint density at radius 2 is 1.90 bits per heavy atom. The number of piperazine rings is 1. The van der Waals surface area contributed by atoms with Gasteiger partial charge in [0.25, 0.3) is 0 Å². The van der Waals surface area contributed by atoms with Gasteiger partial charge in [0.1, 0.15) is 0 Å². The maximum absolute atomic E-state index is 12.5. The van der Waals surface area contributed by atoms with Crippen LogP contribution in [0.1, 0.15) is 25.8 Å². The van der Waals surface area contributed by atoms with Gasteiger partial charge in [0, 0.05) is 31.2 Å². The van der Waals surface area contributed by atoms with Crippen molar-refractivity contribution in [3.63, 3.8) is 0 Å². The highest BCUT2D eigenvalue weighted by atomic mass is 19.4. The first kappa shape index (κ1) is 16.3. The number of nitrogens with one attached hydrogen (secondary N) is 1. The molecule has 118 valence electrons. The van der Waals surface area contributed by atoms with Crippen molar-refractivity contribution in [3.8, 4) is 0 Å². The molecular weight excluding hydrogens is 277 g/mol. The molecule has 1 atom stereocenters. The van der Waals surface area contributed by atoms with Gasteiger partial charge in [0.2, 0.25) is 0 Å². The van der Waals surface area contributed by atoms with Crippen LogP contribution in [0.15, 0.2) is 30.3 Å². The van der Waals surface area contributed by atoms with Crippen LogP contribution in [0, 0.1) is 0 Å². The Balaban J connectivity index is 2.02. The molecule has 1 saturated heterocycles. The molecule has 0 aromatic heterocycles. The van der Waals surface area contributed by atoms with Crippen molar-refractivity contribution in [2.24, 2.45) is 0 Å². The van der Waals surface area contributed by atoms with E-state index in [0.29, 0.717) is 6.54 Å². The van der Waals surface area contributed by atoms with Gasteiger partial charge in [-0.3, -0.25) is 4.90 Å². The van der Waals surface area contributed by atoms with Crippen LogP contribution >= 0.6 is 0 Å². The summed E-state index contributed by atoms with van der Waals surface area (Å²) >= 11 is 0. The van der Waals surface area contributed by atoms with Crippen molar-refractivity contribution >= 4 is 0 Å². The molecule has 0 amide bonds. The van der Waals surface area contributed by atoms with E-state index in [-0.39, 0.29) is 18.1 Å². The Labute approximate surface area is 124 Å². The Hall–Kier alpha value is -1.07. The lowest BCUT2D eigenvalue weighted by atomic mass is 9.95. The number of rotatable bonds is 4. The number of hydrogen-bond donors (Lipinski definition) is 1. The summed E-state index contributed by atoms with van der Waals surface area (Å²) in [5, 5.41) is 3.43. The molecule has 0 bridgehead atoms. The molecule has 2 nitrogen and oxygen atoms in total. The van der Waals surface area contributed by atoms with E-state index in [1.54, 1.807) is 0 Å². The summed E-state index contributed by atoms with van der Waals surface area (Å²) in [6, 6.07) is 10.1.